The average Bonchev–Trinajstić information content (AvgIpc) is 2.72. The van der Waals surface area contributed by atoms with Gasteiger partial charge in [0.25, 0.3) is 0 Å². The zero-order chi connectivity index (χ0) is 13.8. The maximum absolute atomic E-state index is 11.9. The second kappa shape index (κ2) is 5.89. The fourth-order valence-corrected chi connectivity index (χ4v) is 1.79. The third-order valence-corrected chi connectivity index (χ3v) is 2.50. The zero-order valence-corrected chi connectivity index (χ0v) is 11.3. The third-order valence-electron chi connectivity index (χ3n) is 2.50. The molecule has 0 saturated carbocycles. The maximum Gasteiger partial charge on any atom is 0.411 e. The Balaban J connectivity index is 2.61. The maximum atomic E-state index is 11.9. The van der Waals surface area contributed by atoms with Gasteiger partial charge in [-0.25, -0.2) is 9.59 Å². The van der Waals surface area contributed by atoms with Crippen molar-refractivity contribution in [3.8, 4) is 0 Å². The van der Waals surface area contributed by atoms with Crippen LogP contribution in [0.15, 0.2) is 12.7 Å². The van der Waals surface area contributed by atoms with Crippen LogP contribution in [0.4, 0.5) is 4.79 Å². The fourth-order valence-electron chi connectivity index (χ4n) is 1.79. The summed E-state index contributed by atoms with van der Waals surface area (Å²) in [4.78, 5) is 25.1. The van der Waals surface area contributed by atoms with E-state index in [-0.39, 0.29) is 6.61 Å². The van der Waals surface area contributed by atoms with Crippen LogP contribution in [0.1, 0.15) is 33.6 Å². The summed E-state index contributed by atoms with van der Waals surface area (Å²) in [6.07, 6.45) is 2.45. The molecule has 5 nitrogen and oxygen atoms in total. The zero-order valence-electron chi connectivity index (χ0n) is 11.3. The molecule has 1 aliphatic heterocycles. The molecule has 1 heterocycles. The monoisotopic (exact) mass is 255 g/mol. The Labute approximate surface area is 108 Å². The minimum Gasteiger partial charge on any atom is -0.460 e. The lowest BCUT2D eigenvalue weighted by atomic mass is 10.2. The van der Waals surface area contributed by atoms with Crippen molar-refractivity contribution in [1.29, 1.82) is 0 Å². The molecule has 0 spiro atoms. The first-order chi connectivity index (χ1) is 8.35. The molecule has 1 saturated heterocycles. The van der Waals surface area contributed by atoms with E-state index in [0.717, 1.165) is 6.42 Å². The van der Waals surface area contributed by atoms with Crippen LogP contribution in [0, 0.1) is 0 Å². The van der Waals surface area contributed by atoms with Crippen molar-refractivity contribution in [3.05, 3.63) is 12.7 Å². The number of esters is 1. The summed E-state index contributed by atoms with van der Waals surface area (Å²) in [5.74, 6) is -0.391. The lowest BCUT2D eigenvalue weighted by molar-refractivity contribution is -0.147. The average molecular weight is 255 g/mol. The van der Waals surface area contributed by atoms with E-state index in [2.05, 4.69) is 6.58 Å². The molecule has 0 aromatic carbocycles. The predicted octanol–water partition coefficient (Wildman–Crippen LogP) is 2.12. The van der Waals surface area contributed by atoms with Crippen LogP contribution in [0.25, 0.3) is 0 Å². The molecule has 1 rings (SSSR count). The van der Waals surface area contributed by atoms with Gasteiger partial charge in [0.15, 0.2) is 0 Å². The molecule has 0 aromatic heterocycles. The van der Waals surface area contributed by atoms with Gasteiger partial charge in [0, 0.05) is 6.54 Å². The Kier molecular flexibility index (Phi) is 4.76. The minimum absolute atomic E-state index is 0.164. The van der Waals surface area contributed by atoms with Crippen LogP contribution in [0.5, 0.6) is 0 Å². The summed E-state index contributed by atoms with van der Waals surface area (Å²) >= 11 is 0. The summed E-state index contributed by atoms with van der Waals surface area (Å²) in [5.41, 5.74) is -0.560. The van der Waals surface area contributed by atoms with Crippen molar-refractivity contribution in [1.82, 2.24) is 4.90 Å². The summed E-state index contributed by atoms with van der Waals surface area (Å²) in [7, 11) is 0. The van der Waals surface area contributed by atoms with Crippen molar-refractivity contribution in [2.45, 2.75) is 45.3 Å². The molecular weight excluding hydrogens is 234 g/mol. The number of amides is 1. The molecule has 1 amide bonds. The molecule has 102 valence electrons. The van der Waals surface area contributed by atoms with Crippen LogP contribution < -0.4 is 0 Å². The van der Waals surface area contributed by atoms with Gasteiger partial charge in [-0.1, -0.05) is 12.7 Å². The van der Waals surface area contributed by atoms with Crippen molar-refractivity contribution < 1.29 is 19.1 Å². The van der Waals surface area contributed by atoms with Crippen molar-refractivity contribution >= 4 is 12.1 Å². The Hall–Kier alpha value is -1.52. The second-order valence-corrected chi connectivity index (χ2v) is 5.25. The standard InChI is InChI=1S/C13H21NO4/c1-5-9-17-11(15)10-7-6-8-14(10)12(16)18-13(2,3)4/h5,10H,1,6-9H2,2-4H3/t10-/m0/s1. The Morgan fingerprint density at radius 2 is 2.11 bits per heavy atom. The second-order valence-electron chi connectivity index (χ2n) is 5.25. The number of likely N-dealkylation sites (tertiary alicyclic amines) is 1. The molecule has 0 unspecified atom stereocenters. The van der Waals surface area contributed by atoms with Gasteiger partial charge in [0.2, 0.25) is 0 Å². The minimum atomic E-state index is -0.560. The SMILES string of the molecule is C=CCOC(=O)[C@@H]1CCCN1C(=O)OC(C)(C)C. The summed E-state index contributed by atoms with van der Waals surface area (Å²) in [6, 6.07) is -0.528. The number of ether oxygens (including phenoxy) is 2. The summed E-state index contributed by atoms with van der Waals surface area (Å²) in [5, 5.41) is 0. The highest BCUT2D eigenvalue weighted by Gasteiger charge is 2.37. The van der Waals surface area contributed by atoms with Gasteiger partial charge in [-0.2, -0.15) is 0 Å². The summed E-state index contributed by atoms with van der Waals surface area (Å²) < 4.78 is 10.2. The van der Waals surface area contributed by atoms with Gasteiger partial charge < -0.3 is 9.47 Å². The molecule has 0 N–H and O–H groups in total. The quantitative estimate of drug-likeness (QED) is 0.572. The van der Waals surface area contributed by atoms with E-state index < -0.39 is 23.7 Å². The van der Waals surface area contributed by atoms with Gasteiger partial charge in [0.05, 0.1) is 0 Å². The molecule has 0 aliphatic carbocycles. The van der Waals surface area contributed by atoms with E-state index in [1.165, 1.54) is 11.0 Å². The predicted molar refractivity (Wildman–Crippen MR) is 67.1 cm³/mol. The number of hydrogen-bond donors (Lipinski definition) is 0. The third kappa shape index (κ3) is 4.05. The number of rotatable bonds is 3. The van der Waals surface area contributed by atoms with Gasteiger partial charge in [-0.05, 0) is 33.6 Å². The first-order valence-electron chi connectivity index (χ1n) is 6.12. The van der Waals surface area contributed by atoms with Crippen molar-refractivity contribution in [3.63, 3.8) is 0 Å². The molecule has 1 fully saturated rings. The Morgan fingerprint density at radius 1 is 1.44 bits per heavy atom. The molecule has 5 heteroatoms. The Morgan fingerprint density at radius 3 is 2.67 bits per heavy atom. The topological polar surface area (TPSA) is 55.8 Å². The van der Waals surface area contributed by atoms with E-state index in [1.54, 1.807) is 20.8 Å². The smallest absolute Gasteiger partial charge is 0.411 e. The first-order valence-corrected chi connectivity index (χ1v) is 6.12. The van der Waals surface area contributed by atoms with Gasteiger partial charge >= 0.3 is 12.1 Å². The molecule has 1 aliphatic rings. The molecule has 0 radical (unpaired) electrons. The molecule has 18 heavy (non-hydrogen) atoms. The number of carbonyl (C=O) groups is 2. The largest absolute Gasteiger partial charge is 0.460 e. The van der Waals surface area contributed by atoms with Crippen molar-refractivity contribution in [2.75, 3.05) is 13.2 Å². The lowest BCUT2D eigenvalue weighted by Crippen LogP contribution is -2.44. The highest BCUT2D eigenvalue weighted by Crippen LogP contribution is 2.21. The van der Waals surface area contributed by atoms with Crippen LogP contribution in [0.3, 0.4) is 0 Å². The van der Waals surface area contributed by atoms with E-state index >= 15 is 0 Å². The van der Waals surface area contributed by atoms with Crippen LogP contribution in [-0.4, -0.2) is 41.8 Å². The van der Waals surface area contributed by atoms with Crippen LogP contribution in [-0.2, 0) is 14.3 Å². The lowest BCUT2D eigenvalue weighted by Gasteiger charge is -2.27. The number of hydrogen-bond acceptors (Lipinski definition) is 4. The first kappa shape index (κ1) is 14.5. The Bertz CT molecular complexity index is 332. The number of nitrogens with zero attached hydrogens (tertiary/aromatic N) is 1. The van der Waals surface area contributed by atoms with E-state index in [4.69, 9.17) is 9.47 Å². The van der Waals surface area contributed by atoms with Crippen LogP contribution in [0.2, 0.25) is 0 Å². The molecular formula is C13H21NO4. The highest BCUT2D eigenvalue weighted by molar-refractivity contribution is 5.82. The van der Waals surface area contributed by atoms with E-state index in [9.17, 15) is 9.59 Å². The molecule has 0 aromatic rings. The normalized spacial score (nSPS) is 19.5. The molecule has 0 bridgehead atoms. The number of carbonyl (C=O) groups excluding carboxylic acids is 2. The molecule has 1 atom stereocenters. The van der Waals surface area contributed by atoms with E-state index in [1.807, 2.05) is 0 Å². The van der Waals surface area contributed by atoms with Gasteiger partial charge in [-0.15, -0.1) is 0 Å². The van der Waals surface area contributed by atoms with Gasteiger partial charge in [-0.3, -0.25) is 4.90 Å². The van der Waals surface area contributed by atoms with Crippen LogP contribution >= 0.6 is 0 Å². The van der Waals surface area contributed by atoms with Gasteiger partial charge in [0.1, 0.15) is 18.2 Å². The fraction of sp³-hybridized carbons (Fsp3) is 0.692. The highest BCUT2D eigenvalue weighted by atomic mass is 16.6. The summed E-state index contributed by atoms with van der Waals surface area (Å²) in [6.45, 7) is 9.57. The van der Waals surface area contributed by atoms with Crippen molar-refractivity contribution in [2.24, 2.45) is 0 Å². The van der Waals surface area contributed by atoms with E-state index in [0.29, 0.717) is 13.0 Å².